The highest BCUT2D eigenvalue weighted by Gasteiger charge is 2.17. The number of rotatable bonds is 5. The summed E-state index contributed by atoms with van der Waals surface area (Å²) in [6.45, 7) is 2.06. The van der Waals surface area contributed by atoms with Gasteiger partial charge in [-0.05, 0) is 48.4 Å². The molecule has 0 radical (unpaired) electrons. The fraction of sp³-hybridized carbons (Fsp3) is 0.0870. The van der Waals surface area contributed by atoms with E-state index >= 15 is 0 Å². The molecule has 6 heteroatoms. The zero-order valence-corrected chi connectivity index (χ0v) is 16.8. The van der Waals surface area contributed by atoms with Crippen molar-refractivity contribution in [2.24, 2.45) is 0 Å². The molecule has 2 aromatic carbocycles. The van der Waals surface area contributed by atoms with Gasteiger partial charge in [-0.2, -0.15) is 4.98 Å². The topological polar surface area (TPSA) is 63.8 Å². The van der Waals surface area contributed by atoms with E-state index in [0.717, 1.165) is 22.3 Å². The van der Waals surface area contributed by atoms with E-state index in [1.165, 1.54) is 5.56 Å². The molecule has 0 atom stereocenters. The Labute approximate surface area is 174 Å². The fourth-order valence-corrected chi connectivity index (χ4v) is 3.27. The summed E-state index contributed by atoms with van der Waals surface area (Å²) in [5, 5.41) is 7.88. The number of benzene rings is 2. The molecule has 0 aliphatic carbocycles. The van der Waals surface area contributed by atoms with Crippen LogP contribution in [-0.4, -0.2) is 22.2 Å². The lowest BCUT2D eigenvalue weighted by atomic mass is 10.0. The summed E-state index contributed by atoms with van der Waals surface area (Å²) in [4.78, 5) is 8.95. The van der Waals surface area contributed by atoms with Crippen molar-refractivity contribution in [3.05, 3.63) is 94.5 Å². The summed E-state index contributed by atoms with van der Waals surface area (Å²) in [5.74, 6) is 1.57. The summed E-state index contributed by atoms with van der Waals surface area (Å²) >= 11 is 6.23. The highest BCUT2D eigenvalue weighted by molar-refractivity contribution is 6.30. The van der Waals surface area contributed by atoms with E-state index in [1.54, 1.807) is 6.20 Å². The van der Waals surface area contributed by atoms with Gasteiger partial charge < -0.3 is 9.84 Å². The quantitative estimate of drug-likeness (QED) is 0.432. The standard InChI is InChI=1S/C23H19ClN4O/c1-15-6-3-7-16(12-15)13-20(17-8-4-9-18(24)14-17)23-27-22(28-29-23)19-10-5-11-26-21(19)25-2/h3-14H,1-2H3,(H,25,26)/b20-13-. The van der Waals surface area contributed by atoms with Gasteiger partial charge in [0.1, 0.15) is 5.82 Å². The molecular formula is C23H19ClN4O. The predicted molar refractivity (Wildman–Crippen MR) is 117 cm³/mol. The van der Waals surface area contributed by atoms with Gasteiger partial charge in [0.2, 0.25) is 5.82 Å². The molecule has 4 aromatic rings. The molecule has 0 spiro atoms. The van der Waals surface area contributed by atoms with E-state index in [-0.39, 0.29) is 0 Å². The molecule has 0 fully saturated rings. The second kappa shape index (κ2) is 8.29. The lowest BCUT2D eigenvalue weighted by Crippen LogP contribution is -1.96. The van der Waals surface area contributed by atoms with Crippen molar-refractivity contribution in [3.8, 4) is 11.4 Å². The number of aromatic nitrogens is 3. The first-order chi connectivity index (χ1) is 14.1. The molecule has 0 aliphatic rings. The van der Waals surface area contributed by atoms with Crippen molar-refractivity contribution >= 4 is 29.1 Å². The van der Waals surface area contributed by atoms with Crippen molar-refractivity contribution in [3.63, 3.8) is 0 Å². The third kappa shape index (κ3) is 4.20. The number of anilines is 1. The van der Waals surface area contributed by atoms with Crippen LogP contribution >= 0.6 is 11.6 Å². The van der Waals surface area contributed by atoms with Crippen molar-refractivity contribution in [1.29, 1.82) is 0 Å². The van der Waals surface area contributed by atoms with Crippen LogP contribution in [0.2, 0.25) is 5.02 Å². The van der Waals surface area contributed by atoms with Gasteiger partial charge >= 0.3 is 0 Å². The highest BCUT2D eigenvalue weighted by Crippen LogP contribution is 2.30. The molecular weight excluding hydrogens is 384 g/mol. The van der Waals surface area contributed by atoms with Crippen LogP contribution in [0.5, 0.6) is 0 Å². The Morgan fingerprint density at radius 1 is 1.07 bits per heavy atom. The number of hydrogen-bond donors (Lipinski definition) is 1. The molecule has 0 saturated heterocycles. The van der Waals surface area contributed by atoms with E-state index in [4.69, 9.17) is 16.1 Å². The lowest BCUT2D eigenvalue weighted by Gasteiger charge is -2.05. The van der Waals surface area contributed by atoms with Gasteiger partial charge in [0, 0.05) is 23.8 Å². The Bertz CT molecular complexity index is 1180. The van der Waals surface area contributed by atoms with Crippen LogP contribution in [0.3, 0.4) is 0 Å². The third-order valence-corrected chi connectivity index (χ3v) is 4.67. The fourth-order valence-electron chi connectivity index (χ4n) is 3.08. The first-order valence-corrected chi connectivity index (χ1v) is 9.53. The molecule has 0 amide bonds. The second-order valence-corrected chi connectivity index (χ2v) is 6.99. The van der Waals surface area contributed by atoms with Crippen LogP contribution in [-0.2, 0) is 0 Å². The Kier molecular flexibility index (Phi) is 5.40. The van der Waals surface area contributed by atoms with Gasteiger partial charge in [-0.3, -0.25) is 0 Å². The zero-order chi connectivity index (χ0) is 20.2. The van der Waals surface area contributed by atoms with Crippen LogP contribution in [0.25, 0.3) is 23.0 Å². The molecule has 0 aliphatic heterocycles. The number of halogens is 1. The van der Waals surface area contributed by atoms with Crippen molar-refractivity contribution in [2.75, 3.05) is 12.4 Å². The molecule has 5 nitrogen and oxygen atoms in total. The van der Waals surface area contributed by atoms with E-state index in [1.807, 2.05) is 61.7 Å². The summed E-state index contributed by atoms with van der Waals surface area (Å²) in [7, 11) is 1.81. The first kappa shape index (κ1) is 18.9. The average Bonchev–Trinajstić information content (AvgIpc) is 3.22. The van der Waals surface area contributed by atoms with Crippen LogP contribution in [0.15, 0.2) is 71.4 Å². The maximum absolute atomic E-state index is 6.23. The summed E-state index contributed by atoms with van der Waals surface area (Å²) < 4.78 is 5.65. The molecule has 144 valence electrons. The van der Waals surface area contributed by atoms with Crippen molar-refractivity contribution < 1.29 is 4.52 Å². The molecule has 4 rings (SSSR count). The van der Waals surface area contributed by atoms with Crippen LogP contribution < -0.4 is 5.32 Å². The number of nitrogens with one attached hydrogen (secondary N) is 1. The first-order valence-electron chi connectivity index (χ1n) is 9.15. The average molecular weight is 403 g/mol. The maximum atomic E-state index is 6.23. The van der Waals surface area contributed by atoms with E-state index in [2.05, 4.69) is 39.5 Å². The smallest absolute Gasteiger partial charge is 0.258 e. The molecule has 29 heavy (non-hydrogen) atoms. The second-order valence-electron chi connectivity index (χ2n) is 6.56. The Hall–Kier alpha value is -3.44. The Morgan fingerprint density at radius 3 is 2.72 bits per heavy atom. The number of aryl methyl sites for hydroxylation is 1. The minimum atomic E-state index is 0.412. The SMILES string of the molecule is CNc1ncccc1-c1noc(/C(=C\c2cccc(C)c2)c2cccc(Cl)c2)n1. The number of hydrogen-bond acceptors (Lipinski definition) is 5. The van der Waals surface area contributed by atoms with Gasteiger partial charge in [0.05, 0.1) is 5.56 Å². The third-order valence-electron chi connectivity index (χ3n) is 4.43. The molecule has 2 heterocycles. The van der Waals surface area contributed by atoms with Crippen molar-refractivity contribution in [1.82, 2.24) is 15.1 Å². The summed E-state index contributed by atoms with van der Waals surface area (Å²) in [5.41, 5.74) is 4.67. The van der Waals surface area contributed by atoms with Gasteiger partial charge in [0.25, 0.3) is 5.89 Å². The Morgan fingerprint density at radius 2 is 1.93 bits per heavy atom. The minimum Gasteiger partial charge on any atom is -0.373 e. The normalized spacial score (nSPS) is 11.5. The molecule has 0 saturated carbocycles. The van der Waals surface area contributed by atoms with Gasteiger partial charge in [-0.1, -0.05) is 58.7 Å². The summed E-state index contributed by atoms with van der Waals surface area (Å²) in [6, 6.07) is 19.5. The predicted octanol–water partition coefficient (Wildman–Crippen LogP) is 5.72. The monoisotopic (exact) mass is 402 g/mol. The highest BCUT2D eigenvalue weighted by atomic mass is 35.5. The lowest BCUT2D eigenvalue weighted by molar-refractivity contribution is 0.409. The van der Waals surface area contributed by atoms with Crippen LogP contribution in [0.1, 0.15) is 22.6 Å². The van der Waals surface area contributed by atoms with E-state index < -0.39 is 0 Å². The van der Waals surface area contributed by atoms with Crippen LogP contribution in [0, 0.1) is 6.92 Å². The Balaban J connectivity index is 1.83. The zero-order valence-electron chi connectivity index (χ0n) is 16.1. The van der Waals surface area contributed by atoms with Gasteiger partial charge in [-0.25, -0.2) is 4.98 Å². The number of pyridine rings is 1. The molecule has 0 unspecified atom stereocenters. The molecule has 2 aromatic heterocycles. The van der Waals surface area contributed by atoms with E-state index in [0.29, 0.717) is 22.6 Å². The van der Waals surface area contributed by atoms with Gasteiger partial charge in [0.15, 0.2) is 0 Å². The van der Waals surface area contributed by atoms with E-state index in [9.17, 15) is 0 Å². The largest absolute Gasteiger partial charge is 0.373 e. The number of nitrogens with zero attached hydrogens (tertiary/aromatic N) is 3. The molecule has 1 N–H and O–H groups in total. The van der Waals surface area contributed by atoms with Crippen LogP contribution in [0.4, 0.5) is 5.82 Å². The van der Waals surface area contributed by atoms with Gasteiger partial charge in [-0.15, -0.1) is 0 Å². The molecule has 0 bridgehead atoms. The summed E-state index contributed by atoms with van der Waals surface area (Å²) in [6.07, 6.45) is 3.74. The van der Waals surface area contributed by atoms with Crippen molar-refractivity contribution in [2.45, 2.75) is 6.92 Å². The maximum Gasteiger partial charge on any atom is 0.258 e. The minimum absolute atomic E-state index is 0.412.